The summed E-state index contributed by atoms with van der Waals surface area (Å²) < 4.78 is 3.79. The molecule has 2 aromatic rings. The molecule has 0 spiro atoms. The van der Waals surface area contributed by atoms with Gasteiger partial charge in [0.05, 0.1) is 28.6 Å². The van der Waals surface area contributed by atoms with Gasteiger partial charge in [0.1, 0.15) is 0 Å². The first-order valence-electron chi connectivity index (χ1n) is 12.3. The molecule has 10 heteroatoms. The number of aromatic nitrogens is 4. The third-order valence-electron chi connectivity index (χ3n) is 8.62. The molecule has 4 aliphatic rings. The maximum absolute atomic E-state index is 13.3. The molecule has 0 saturated heterocycles. The van der Waals surface area contributed by atoms with Crippen molar-refractivity contribution < 1.29 is 9.72 Å². The van der Waals surface area contributed by atoms with Crippen molar-refractivity contribution in [3.05, 3.63) is 38.3 Å². The predicted molar refractivity (Wildman–Crippen MR) is 128 cm³/mol. The summed E-state index contributed by atoms with van der Waals surface area (Å²) in [4.78, 5) is 24.3. The largest absolute Gasteiger partial charge is 0.408 e. The average molecular weight is 489 g/mol. The van der Waals surface area contributed by atoms with Crippen LogP contribution in [-0.2, 0) is 16.9 Å². The van der Waals surface area contributed by atoms with Crippen molar-refractivity contribution in [2.75, 3.05) is 0 Å². The smallest absolute Gasteiger partial charge is 0.358 e. The van der Waals surface area contributed by atoms with Gasteiger partial charge in [-0.1, -0.05) is 11.6 Å². The molecule has 184 valence electrons. The first kappa shape index (κ1) is 23.3. The Morgan fingerprint density at radius 1 is 1.29 bits per heavy atom. The van der Waals surface area contributed by atoms with Gasteiger partial charge in [0.2, 0.25) is 5.91 Å². The number of carbonyl (C=O) groups is 1. The molecule has 0 aliphatic heterocycles. The second kappa shape index (κ2) is 8.07. The van der Waals surface area contributed by atoms with Crippen molar-refractivity contribution >= 4 is 23.3 Å². The monoisotopic (exact) mass is 488 g/mol. The van der Waals surface area contributed by atoms with Crippen LogP contribution in [0.25, 0.3) is 0 Å². The number of hydrogen-bond acceptors (Lipinski definition) is 5. The van der Waals surface area contributed by atoms with Crippen LogP contribution in [0.15, 0.2) is 6.20 Å². The topological polar surface area (TPSA) is 108 Å². The zero-order valence-corrected chi connectivity index (χ0v) is 21.1. The standard InChI is InChI=1S/C24H33ClN6O3/c1-5-29-15(3)19(12-26-29)14(2)27-20(32)11-23-7-17-6-18(8-23)10-24(9-17,13-23)30-16(4)21(25)22(28-30)31(33)34/h12,14,17-18H,5-11,13H2,1-4H3,(H,27,32). The van der Waals surface area contributed by atoms with Gasteiger partial charge in [-0.3, -0.25) is 9.48 Å². The van der Waals surface area contributed by atoms with Gasteiger partial charge in [-0.15, -0.1) is 0 Å². The summed E-state index contributed by atoms with van der Waals surface area (Å²) in [7, 11) is 0. The zero-order valence-electron chi connectivity index (χ0n) is 20.3. The lowest BCUT2D eigenvalue weighted by atomic mass is 9.46. The Morgan fingerprint density at radius 2 is 1.97 bits per heavy atom. The van der Waals surface area contributed by atoms with Crippen LogP contribution in [0.1, 0.15) is 81.8 Å². The van der Waals surface area contributed by atoms with Gasteiger partial charge in [0.25, 0.3) is 0 Å². The molecule has 4 fully saturated rings. The van der Waals surface area contributed by atoms with E-state index < -0.39 is 4.92 Å². The molecule has 1 amide bonds. The van der Waals surface area contributed by atoms with E-state index in [0.717, 1.165) is 49.9 Å². The molecular weight excluding hydrogens is 456 g/mol. The number of rotatable bonds is 7. The highest BCUT2D eigenvalue weighted by Gasteiger charge is 2.60. The van der Waals surface area contributed by atoms with E-state index in [4.69, 9.17) is 11.6 Å². The third kappa shape index (κ3) is 3.63. The minimum absolute atomic E-state index is 0.0643. The van der Waals surface area contributed by atoms with E-state index in [1.807, 2.05) is 36.3 Å². The van der Waals surface area contributed by atoms with Crippen molar-refractivity contribution in [2.24, 2.45) is 17.3 Å². The van der Waals surface area contributed by atoms with Crippen LogP contribution >= 0.6 is 11.6 Å². The summed E-state index contributed by atoms with van der Waals surface area (Å²) >= 11 is 6.31. The van der Waals surface area contributed by atoms with Gasteiger partial charge >= 0.3 is 5.82 Å². The first-order valence-corrected chi connectivity index (χ1v) is 12.7. The summed E-state index contributed by atoms with van der Waals surface area (Å²) in [5.41, 5.74) is 2.39. The van der Waals surface area contributed by atoms with E-state index >= 15 is 0 Å². The van der Waals surface area contributed by atoms with Crippen LogP contribution < -0.4 is 5.32 Å². The molecule has 9 nitrogen and oxygen atoms in total. The van der Waals surface area contributed by atoms with Crippen molar-refractivity contribution in [3.63, 3.8) is 0 Å². The lowest BCUT2D eigenvalue weighted by Crippen LogP contribution is -2.58. The van der Waals surface area contributed by atoms with Crippen LogP contribution in [-0.4, -0.2) is 30.4 Å². The number of nitro groups is 1. The molecule has 3 atom stereocenters. The van der Waals surface area contributed by atoms with Gasteiger partial charge in [0.15, 0.2) is 5.02 Å². The average Bonchev–Trinajstić information content (AvgIpc) is 3.26. The van der Waals surface area contributed by atoms with E-state index in [2.05, 4.69) is 22.4 Å². The number of carbonyl (C=O) groups excluding carboxylic acids is 1. The van der Waals surface area contributed by atoms with Crippen LogP contribution in [0.4, 0.5) is 5.82 Å². The van der Waals surface area contributed by atoms with E-state index in [9.17, 15) is 14.9 Å². The molecule has 4 bridgehead atoms. The lowest BCUT2D eigenvalue weighted by Gasteiger charge is -2.61. The zero-order chi connectivity index (χ0) is 24.4. The van der Waals surface area contributed by atoms with E-state index in [-0.39, 0.29) is 33.7 Å². The minimum atomic E-state index is -0.500. The third-order valence-corrected chi connectivity index (χ3v) is 9.06. The second-order valence-electron chi connectivity index (χ2n) is 11.0. The first-order chi connectivity index (χ1) is 16.1. The normalized spacial score (nSPS) is 30.5. The summed E-state index contributed by atoms with van der Waals surface area (Å²) in [6, 6.07) is -0.106. The highest BCUT2D eigenvalue weighted by atomic mass is 35.5. The maximum Gasteiger partial charge on any atom is 0.408 e. The van der Waals surface area contributed by atoms with Crippen LogP contribution in [0.5, 0.6) is 0 Å². The molecule has 3 unspecified atom stereocenters. The van der Waals surface area contributed by atoms with E-state index in [1.54, 1.807) is 0 Å². The molecule has 2 aromatic heterocycles. The number of amides is 1. The van der Waals surface area contributed by atoms with Gasteiger partial charge < -0.3 is 15.4 Å². The quantitative estimate of drug-likeness (QED) is 0.443. The van der Waals surface area contributed by atoms with Gasteiger partial charge in [-0.05, 0) is 88.4 Å². The predicted octanol–water partition coefficient (Wildman–Crippen LogP) is 4.84. The van der Waals surface area contributed by atoms with Crippen LogP contribution in [0.2, 0.25) is 5.02 Å². The van der Waals surface area contributed by atoms with Gasteiger partial charge in [-0.25, -0.2) is 0 Å². The van der Waals surface area contributed by atoms with Crippen LogP contribution in [0, 0.1) is 41.2 Å². The summed E-state index contributed by atoms with van der Waals surface area (Å²) in [5, 5.41) is 23.6. The van der Waals surface area contributed by atoms with Gasteiger partial charge in [0, 0.05) is 24.2 Å². The summed E-state index contributed by atoms with van der Waals surface area (Å²) in [6.07, 6.45) is 8.30. The number of halogens is 1. The minimum Gasteiger partial charge on any atom is -0.358 e. The molecule has 2 heterocycles. The Bertz CT molecular complexity index is 1140. The van der Waals surface area contributed by atoms with Gasteiger partial charge in [-0.2, -0.15) is 9.78 Å². The van der Waals surface area contributed by atoms with Crippen molar-refractivity contribution in [3.8, 4) is 0 Å². The molecule has 4 saturated carbocycles. The fourth-order valence-electron chi connectivity index (χ4n) is 7.82. The van der Waals surface area contributed by atoms with Crippen molar-refractivity contribution in [1.29, 1.82) is 0 Å². The molecular formula is C24H33ClN6O3. The molecule has 4 aliphatic carbocycles. The number of nitrogens with one attached hydrogen (secondary N) is 1. The van der Waals surface area contributed by atoms with E-state index in [1.165, 1.54) is 6.42 Å². The molecule has 0 radical (unpaired) electrons. The van der Waals surface area contributed by atoms with E-state index in [0.29, 0.717) is 24.0 Å². The second-order valence-corrected chi connectivity index (χ2v) is 11.4. The van der Waals surface area contributed by atoms with Crippen molar-refractivity contribution in [2.45, 2.75) is 90.8 Å². The molecule has 0 aromatic carbocycles. The molecule has 34 heavy (non-hydrogen) atoms. The number of aryl methyl sites for hydroxylation is 1. The Labute approximate surface area is 204 Å². The highest BCUT2D eigenvalue weighted by Crippen LogP contribution is 2.65. The Kier molecular flexibility index (Phi) is 5.54. The maximum atomic E-state index is 13.3. The highest BCUT2D eigenvalue weighted by molar-refractivity contribution is 6.33. The SMILES string of the molecule is CCn1ncc(C(C)NC(=O)CC23CC4CC(C2)CC(n2nc([N+](=O)[O-])c(Cl)c2C)(C4)C3)c1C. The fraction of sp³-hybridized carbons (Fsp3) is 0.708. The fourth-order valence-corrected chi connectivity index (χ4v) is 8.01. The Morgan fingerprint density at radius 3 is 2.53 bits per heavy atom. The van der Waals surface area contributed by atoms with Crippen molar-refractivity contribution in [1.82, 2.24) is 24.9 Å². The number of nitrogens with zero attached hydrogens (tertiary/aromatic N) is 5. The Balaban J connectivity index is 1.38. The Hall–Kier alpha value is -2.42. The summed E-state index contributed by atoms with van der Waals surface area (Å²) in [5.74, 6) is 0.823. The molecule has 6 rings (SSSR count). The molecule has 1 N–H and O–H groups in total. The lowest BCUT2D eigenvalue weighted by molar-refractivity contribution is -0.389. The summed E-state index contributed by atoms with van der Waals surface area (Å²) in [6.45, 7) is 8.72. The van der Waals surface area contributed by atoms with Crippen LogP contribution in [0.3, 0.4) is 0 Å². The number of hydrogen-bond donors (Lipinski definition) is 1.